The van der Waals surface area contributed by atoms with Crippen LogP contribution in [-0.2, 0) is 11.2 Å². The zero-order valence-electron chi connectivity index (χ0n) is 17.1. The van der Waals surface area contributed by atoms with Gasteiger partial charge in [-0.15, -0.1) is 0 Å². The highest BCUT2D eigenvalue weighted by atomic mass is 35.5. The number of ketones is 1. The summed E-state index contributed by atoms with van der Waals surface area (Å²) in [4.78, 5) is 51.4. The summed E-state index contributed by atoms with van der Waals surface area (Å²) in [7, 11) is 0. The molecule has 3 aromatic rings. The van der Waals surface area contributed by atoms with Gasteiger partial charge in [-0.2, -0.15) is 0 Å². The number of esters is 1. The third-order valence-corrected chi connectivity index (χ3v) is 5.55. The molecule has 1 heterocycles. The lowest BCUT2D eigenvalue weighted by molar-refractivity contribution is 0.0474. The van der Waals surface area contributed by atoms with Crippen LogP contribution in [0.25, 0.3) is 0 Å². The predicted octanol–water partition coefficient (Wildman–Crippen LogP) is 4.74. The van der Waals surface area contributed by atoms with E-state index in [1.165, 1.54) is 18.2 Å². The molecule has 7 heteroatoms. The molecule has 1 aliphatic heterocycles. The minimum Gasteiger partial charge on any atom is -0.454 e. The zero-order chi connectivity index (χ0) is 22.8. The molecule has 0 fully saturated rings. The molecule has 0 saturated heterocycles. The average molecular weight is 448 g/mol. The van der Waals surface area contributed by atoms with Crippen molar-refractivity contribution in [2.45, 2.75) is 13.3 Å². The Morgan fingerprint density at radius 1 is 0.875 bits per heavy atom. The summed E-state index contributed by atoms with van der Waals surface area (Å²) in [6.45, 7) is 1.58. The van der Waals surface area contributed by atoms with Crippen LogP contribution in [0.3, 0.4) is 0 Å². The van der Waals surface area contributed by atoms with E-state index in [9.17, 15) is 19.2 Å². The molecule has 0 saturated carbocycles. The number of carbonyl (C=O) groups excluding carboxylic acids is 4. The van der Waals surface area contributed by atoms with Gasteiger partial charge in [0.15, 0.2) is 12.4 Å². The van der Waals surface area contributed by atoms with Crippen LogP contribution in [0.2, 0.25) is 5.02 Å². The highest BCUT2D eigenvalue weighted by molar-refractivity contribution is 6.39. The quantitative estimate of drug-likeness (QED) is 0.309. The van der Waals surface area contributed by atoms with Gasteiger partial charge in [-0.3, -0.25) is 14.4 Å². The molecule has 2 amide bonds. The van der Waals surface area contributed by atoms with Crippen LogP contribution in [0.15, 0.2) is 66.7 Å². The van der Waals surface area contributed by atoms with Gasteiger partial charge >= 0.3 is 5.97 Å². The number of ether oxygens (including phenoxy) is 1. The molecule has 4 rings (SSSR count). The predicted molar refractivity (Wildman–Crippen MR) is 119 cm³/mol. The number of aryl methyl sites for hydroxylation is 1. The SMILES string of the molecule is CCc1ccc(C(=O)COC(=O)c2ccc3c(c2)C(=O)N(c2ccccc2Cl)C3=O)cc1. The number of Topliss-reactive ketones (excluding diaryl/α,β-unsaturated/α-hetero) is 1. The van der Waals surface area contributed by atoms with E-state index in [1.54, 1.807) is 36.4 Å². The Kier molecular flexibility index (Phi) is 5.88. The lowest BCUT2D eigenvalue weighted by atomic mass is 10.1. The number of rotatable bonds is 6. The van der Waals surface area contributed by atoms with Gasteiger partial charge in [-0.25, -0.2) is 9.69 Å². The summed E-state index contributed by atoms with van der Waals surface area (Å²) >= 11 is 6.15. The second-order valence-corrected chi connectivity index (χ2v) is 7.61. The van der Waals surface area contributed by atoms with Gasteiger partial charge in [0.2, 0.25) is 0 Å². The molecular weight excluding hydrogens is 430 g/mol. The smallest absolute Gasteiger partial charge is 0.338 e. The third-order valence-electron chi connectivity index (χ3n) is 5.23. The maximum atomic E-state index is 12.9. The fraction of sp³-hybridized carbons (Fsp3) is 0.120. The van der Waals surface area contributed by atoms with Crippen molar-refractivity contribution in [1.82, 2.24) is 0 Å². The number of amides is 2. The highest BCUT2D eigenvalue weighted by Crippen LogP contribution is 2.33. The molecule has 0 spiro atoms. The van der Waals surface area contributed by atoms with Crippen LogP contribution in [-0.4, -0.2) is 30.2 Å². The number of carbonyl (C=O) groups is 4. The van der Waals surface area contributed by atoms with Gasteiger partial charge in [0.25, 0.3) is 11.8 Å². The number of anilines is 1. The topological polar surface area (TPSA) is 80.8 Å². The zero-order valence-corrected chi connectivity index (χ0v) is 17.9. The normalized spacial score (nSPS) is 12.6. The van der Waals surface area contributed by atoms with Gasteiger partial charge in [0.1, 0.15) is 0 Å². The first-order chi connectivity index (χ1) is 15.4. The fourth-order valence-electron chi connectivity index (χ4n) is 3.44. The van der Waals surface area contributed by atoms with Crippen molar-refractivity contribution in [3.05, 3.63) is 99.6 Å². The standard InChI is InChI=1S/C25H18ClNO5/c1-2-15-7-9-16(10-8-15)22(28)14-32-25(31)17-11-12-18-19(13-17)24(30)27(23(18)29)21-6-4-3-5-20(21)26/h3-13H,2,14H2,1H3. The number of fused-ring (bicyclic) bond motifs is 1. The lowest BCUT2D eigenvalue weighted by Gasteiger charge is -2.15. The minimum atomic E-state index is -0.761. The number of para-hydroxylation sites is 1. The molecule has 6 nitrogen and oxygen atoms in total. The van der Waals surface area contributed by atoms with Gasteiger partial charge in [0.05, 0.1) is 27.4 Å². The Morgan fingerprint density at radius 3 is 2.22 bits per heavy atom. The van der Waals surface area contributed by atoms with Crippen LogP contribution in [0.1, 0.15) is 53.9 Å². The lowest BCUT2D eigenvalue weighted by Crippen LogP contribution is -2.29. The number of imide groups is 1. The van der Waals surface area contributed by atoms with E-state index in [4.69, 9.17) is 16.3 Å². The van der Waals surface area contributed by atoms with Crippen molar-refractivity contribution in [3.8, 4) is 0 Å². The molecule has 0 N–H and O–H groups in total. The summed E-state index contributed by atoms with van der Waals surface area (Å²) < 4.78 is 5.13. The van der Waals surface area contributed by atoms with E-state index in [2.05, 4.69) is 0 Å². The van der Waals surface area contributed by atoms with E-state index < -0.39 is 24.4 Å². The van der Waals surface area contributed by atoms with Crippen LogP contribution in [0.5, 0.6) is 0 Å². The van der Waals surface area contributed by atoms with Crippen LogP contribution in [0.4, 0.5) is 5.69 Å². The summed E-state index contributed by atoms with van der Waals surface area (Å²) in [5, 5.41) is 0.257. The fourth-order valence-corrected chi connectivity index (χ4v) is 3.66. The van der Waals surface area contributed by atoms with E-state index in [-0.39, 0.29) is 33.2 Å². The van der Waals surface area contributed by atoms with Crippen molar-refractivity contribution in [2.75, 3.05) is 11.5 Å². The van der Waals surface area contributed by atoms with E-state index >= 15 is 0 Å². The number of hydrogen-bond acceptors (Lipinski definition) is 5. The summed E-state index contributed by atoms with van der Waals surface area (Å²) in [5.41, 5.74) is 2.12. The molecule has 160 valence electrons. The van der Waals surface area contributed by atoms with Crippen molar-refractivity contribution in [2.24, 2.45) is 0 Å². The molecule has 0 aromatic heterocycles. The molecule has 0 aliphatic carbocycles. The summed E-state index contributed by atoms with van der Waals surface area (Å²) in [6, 6.07) is 17.7. The van der Waals surface area contributed by atoms with Crippen molar-refractivity contribution < 1.29 is 23.9 Å². The maximum absolute atomic E-state index is 12.9. The van der Waals surface area contributed by atoms with Crippen molar-refractivity contribution in [1.29, 1.82) is 0 Å². The molecule has 32 heavy (non-hydrogen) atoms. The monoisotopic (exact) mass is 447 g/mol. The van der Waals surface area contributed by atoms with E-state index in [1.807, 2.05) is 19.1 Å². The number of benzene rings is 3. The van der Waals surface area contributed by atoms with Crippen LogP contribution in [0, 0.1) is 0 Å². The maximum Gasteiger partial charge on any atom is 0.338 e. The summed E-state index contributed by atoms with van der Waals surface area (Å²) in [5.74, 6) is -2.20. The minimum absolute atomic E-state index is 0.0695. The van der Waals surface area contributed by atoms with Gasteiger partial charge in [-0.05, 0) is 42.3 Å². The Morgan fingerprint density at radius 2 is 1.53 bits per heavy atom. The van der Waals surface area contributed by atoms with Crippen molar-refractivity contribution in [3.63, 3.8) is 0 Å². The molecule has 0 radical (unpaired) electrons. The summed E-state index contributed by atoms with van der Waals surface area (Å²) in [6.07, 6.45) is 0.858. The molecule has 0 unspecified atom stereocenters. The molecule has 1 aliphatic rings. The van der Waals surface area contributed by atoms with Crippen LogP contribution >= 0.6 is 11.6 Å². The van der Waals surface area contributed by atoms with Crippen molar-refractivity contribution >= 4 is 40.9 Å². The molecule has 3 aromatic carbocycles. The average Bonchev–Trinajstić information content (AvgIpc) is 3.07. The Balaban J connectivity index is 1.49. The Hall–Kier alpha value is -3.77. The van der Waals surface area contributed by atoms with Gasteiger partial charge in [-0.1, -0.05) is 54.9 Å². The molecular formula is C25H18ClNO5. The Labute approximate surface area is 189 Å². The second-order valence-electron chi connectivity index (χ2n) is 7.21. The van der Waals surface area contributed by atoms with E-state index in [0.29, 0.717) is 5.56 Å². The second kappa shape index (κ2) is 8.77. The first kappa shape index (κ1) is 21.5. The largest absolute Gasteiger partial charge is 0.454 e. The van der Waals surface area contributed by atoms with Gasteiger partial charge in [0, 0.05) is 5.56 Å². The molecule has 0 atom stereocenters. The number of hydrogen-bond donors (Lipinski definition) is 0. The van der Waals surface area contributed by atoms with E-state index in [0.717, 1.165) is 16.9 Å². The first-order valence-electron chi connectivity index (χ1n) is 9.97. The van der Waals surface area contributed by atoms with Gasteiger partial charge < -0.3 is 4.74 Å². The highest BCUT2D eigenvalue weighted by Gasteiger charge is 2.38. The number of nitrogens with zero attached hydrogens (tertiary/aromatic N) is 1. The molecule has 0 bridgehead atoms. The third kappa shape index (κ3) is 3.92. The number of halogens is 1. The van der Waals surface area contributed by atoms with Crippen LogP contribution < -0.4 is 4.90 Å². The Bertz CT molecular complexity index is 1250. The first-order valence-corrected chi connectivity index (χ1v) is 10.3.